The van der Waals surface area contributed by atoms with E-state index in [9.17, 15) is 0 Å². The molecule has 0 amide bonds. The molecule has 2 heteroatoms. The Hall–Kier alpha value is -1.49. The van der Waals surface area contributed by atoms with Crippen LogP contribution in [0.2, 0.25) is 0 Å². The summed E-state index contributed by atoms with van der Waals surface area (Å²) < 4.78 is 0. The number of anilines is 1. The number of rotatable bonds is 3. The van der Waals surface area contributed by atoms with Gasteiger partial charge in [0, 0.05) is 6.04 Å². The summed E-state index contributed by atoms with van der Waals surface area (Å²) in [6.07, 6.45) is 0. The number of nitriles is 1. The Labute approximate surface area is 91.9 Å². The number of aryl methyl sites for hydroxylation is 1. The van der Waals surface area contributed by atoms with Crippen molar-refractivity contribution in [1.82, 2.24) is 0 Å². The lowest BCUT2D eigenvalue weighted by atomic mass is 10.0. The summed E-state index contributed by atoms with van der Waals surface area (Å²) in [6, 6.07) is 8.51. The molecule has 0 radical (unpaired) electrons. The summed E-state index contributed by atoms with van der Waals surface area (Å²) in [7, 11) is 0. The molecule has 0 saturated heterocycles. The van der Waals surface area contributed by atoms with Crippen molar-refractivity contribution < 1.29 is 0 Å². The third-order valence-electron chi connectivity index (χ3n) is 2.68. The molecule has 1 N–H and O–H groups in total. The van der Waals surface area contributed by atoms with Gasteiger partial charge in [0.05, 0.1) is 11.3 Å². The Balaban J connectivity index is 2.91. The second-order valence-corrected chi connectivity index (χ2v) is 4.34. The molecule has 1 rings (SSSR count). The van der Waals surface area contributed by atoms with Crippen molar-refractivity contribution in [2.45, 2.75) is 33.7 Å². The number of benzene rings is 1. The lowest BCUT2D eigenvalue weighted by Gasteiger charge is -2.19. The van der Waals surface area contributed by atoms with Crippen LogP contribution in [0.1, 0.15) is 31.9 Å². The molecular formula is C13H18N2. The normalized spacial score (nSPS) is 12.3. The van der Waals surface area contributed by atoms with Gasteiger partial charge in [0.1, 0.15) is 6.07 Å². The van der Waals surface area contributed by atoms with E-state index in [-0.39, 0.29) is 0 Å². The fourth-order valence-corrected chi connectivity index (χ4v) is 1.29. The highest BCUT2D eigenvalue weighted by molar-refractivity contribution is 5.58. The summed E-state index contributed by atoms with van der Waals surface area (Å²) in [5.74, 6) is 0.554. The van der Waals surface area contributed by atoms with Gasteiger partial charge in [0.15, 0.2) is 0 Å². The van der Waals surface area contributed by atoms with E-state index in [2.05, 4.69) is 32.2 Å². The number of nitrogens with zero attached hydrogens (tertiary/aromatic N) is 1. The molecule has 0 aromatic heterocycles. The molecule has 0 fully saturated rings. The summed E-state index contributed by atoms with van der Waals surface area (Å²) in [5.41, 5.74) is 2.78. The maximum Gasteiger partial charge on any atom is 0.101 e. The standard InChI is InChI=1S/C13H18N2/c1-9(2)11(4)15-13-6-5-10(3)7-12(13)8-14/h5-7,9,11,15H,1-4H3. The van der Waals surface area contributed by atoms with Gasteiger partial charge in [-0.25, -0.2) is 0 Å². The summed E-state index contributed by atoms with van der Waals surface area (Å²) >= 11 is 0. The van der Waals surface area contributed by atoms with Gasteiger partial charge in [-0.1, -0.05) is 19.9 Å². The molecule has 0 heterocycles. The highest BCUT2D eigenvalue weighted by atomic mass is 14.9. The minimum Gasteiger partial charge on any atom is -0.381 e. The molecule has 0 aliphatic heterocycles. The average Bonchev–Trinajstić information content (AvgIpc) is 2.20. The van der Waals surface area contributed by atoms with Gasteiger partial charge in [-0.3, -0.25) is 0 Å². The molecule has 2 nitrogen and oxygen atoms in total. The van der Waals surface area contributed by atoms with Gasteiger partial charge in [-0.05, 0) is 37.5 Å². The zero-order valence-corrected chi connectivity index (χ0v) is 9.83. The third-order valence-corrected chi connectivity index (χ3v) is 2.68. The average molecular weight is 202 g/mol. The predicted octanol–water partition coefficient (Wildman–Crippen LogP) is 3.32. The molecule has 1 unspecified atom stereocenters. The molecule has 0 bridgehead atoms. The summed E-state index contributed by atoms with van der Waals surface area (Å²) in [4.78, 5) is 0. The highest BCUT2D eigenvalue weighted by Gasteiger charge is 2.09. The van der Waals surface area contributed by atoms with Crippen LogP contribution in [0.3, 0.4) is 0 Å². The van der Waals surface area contributed by atoms with E-state index >= 15 is 0 Å². The Morgan fingerprint density at radius 2 is 1.93 bits per heavy atom. The van der Waals surface area contributed by atoms with Crippen molar-refractivity contribution in [3.8, 4) is 6.07 Å². The first-order valence-electron chi connectivity index (χ1n) is 5.32. The first-order valence-corrected chi connectivity index (χ1v) is 5.32. The smallest absolute Gasteiger partial charge is 0.101 e. The van der Waals surface area contributed by atoms with E-state index in [1.807, 2.05) is 25.1 Å². The molecule has 1 atom stereocenters. The van der Waals surface area contributed by atoms with Crippen LogP contribution in [0.25, 0.3) is 0 Å². The molecule has 15 heavy (non-hydrogen) atoms. The number of hydrogen-bond acceptors (Lipinski definition) is 2. The Kier molecular flexibility index (Phi) is 3.74. The van der Waals surface area contributed by atoms with Crippen LogP contribution in [-0.4, -0.2) is 6.04 Å². The van der Waals surface area contributed by atoms with E-state index in [0.717, 1.165) is 16.8 Å². The van der Waals surface area contributed by atoms with Crippen LogP contribution in [0, 0.1) is 24.2 Å². The quantitative estimate of drug-likeness (QED) is 0.816. The van der Waals surface area contributed by atoms with Crippen molar-refractivity contribution in [3.63, 3.8) is 0 Å². The van der Waals surface area contributed by atoms with Crippen LogP contribution >= 0.6 is 0 Å². The van der Waals surface area contributed by atoms with Crippen LogP contribution < -0.4 is 5.32 Å². The molecule has 80 valence electrons. The number of hydrogen-bond donors (Lipinski definition) is 1. The van der Waals surface area contributed by atoms with Crippen LogP contribution in [0.15, 0.2) is 18.2 Å². The molecule has 0 saturated carbocycles. The molecule has 0 aliphatic carbocycles. The van der Waals surface area contributed by atoms with Gasteiger partial charge in [-0.15, -0.1) is 0 Å². The van der Waals surface area contributed by atoms with Crippen molar-refractivity contribution in [2.24, 2.45) is 5.92 Å². The van der Waals surface area contributed by atoms with E-state index in [1.54, 1.807) is 0 Å². The van der Waals surface area contributed by atoms with E-state index in [0.29, 0.717) is 12.0 Å². The zero-order valence-electron chi connectivity index (χ0n) is 9.83. The van der Waals surface area contributed by atoms with Gasteiger partial charge in [0.25, 0.3) is 0 Å². The van der Waals surface area contributed by atoms with Gasteiger partial charge >= 0.3 is 0 Å². The molecular weight excluding hydrogens is 184 g/mol. The minimum atomic E-state index is 0.375. The van der Waals surface area contributed by atoms with Gasteiger partial charge in [-0.2, -0.15) is 5.26 Å². The fourth-order valence-electron chi connectivity index (χ4n) is 1.29. The maximum atomic E-state index is 9.00. The third kappa shape index (κ3) is 2.99. The topological polar surface area (TPSA) is 35.8 Å². The molecule has 1 aromatic rings. The van der Waals surface area contributed by atoms with Crippen molar-refractivity contribution in [3.05, 3.63) is 29.3 Å². The van der Waals surface area contributed by atoms with Crippen molar-refractivity contribution in [2.75, 3.05) is 5.32 Å². The van der Waals surface area contributed by atoms with Crippen LogP contribution in [0.4, 0.5) is 5.69 Å². The van der Waals surface area contributed by atoms with E-state index in [4.69, 9.17) is 5.26 Å². The second kappa shape index (κ2) is 4.84. The van der Waals surface area contributed by atoms with E-state index < -0.39 is 0 Å². The molecule has 0 aliphatic rings. The monoisotopic (exact) mass is 202 g/mol. The first-order chi connectivity index (χ1) is 7.04. The highest BCUT2D eigenvalue weighted by Crippen LogP contribution is 2.18. The van der Waals surface area contributed by atoms with Gasteiger partial charge < -0.3 is 5.32 Å². The molecule has 1 aromatic carbocycles. The molecule has 0 spiro atoms. The largest absolute Gasteiger partial charge is 0.381 e. The Bertz CT molecular complexity index is 375. The number of nitrogens with one attached hydrogen (secondary N) is 1. The Morgan fingerprint density at radius 3 is 2.47 bits per heavy atom. The summed E-state index contributed by atoms with van der Waals surface area (Å²) in [5, 5.41) is 12.4. The van der Waals surface area contributed by atoms with Crippen molar-refractivity contribution >= 4 is 5.69 Å². The minimum absolute atomic E-state index is 0.375. The van der Waals surface area contributed by atoms with Crippen LogP contribution in [0.5, 0.6) is 0 Å². The maximum absolute atomic E-state index is 9.00. The van der Waals surface area contributed by atoms with Crippen molar-refractivity contribution in [1.29, 1.82) is 5.26 Å². The zero-order chi connectivity index (χ0) is 11.4. The Morgan fingerprint density at radius 1 is 1.27 bits per heavy atom. The van der Waals surface area contributed by atoms with Crippen LogP contribution in [-0.2, 0) is 0 Å². The lowest BCUT2D eigenvalue weighted by Crippen LogP contribution is -2.21. The summed E-state index contributed by atoms with van der Waals surface area (Å²) in [6.45, 7) is 8.46. The van der Waals surface area contributed by atoms with E-state index in [1.165, 1.54) is 0 Å². The SMILES string of the molecule is Cc1ccc(NC(C)C(C)C)c(C#N)c1. The second-order valence-electron chi connectivity index (χ2n) is 4.34. The van der Waals surface area contributed by atoms with Gasteiger partial charge in [0.2, 0.25) is 0 Å². The lowest BCUT2D eigenvalue weighted by molar-refractivity contribution is 0.560. The first kappa shape index (κ1) is 11.6. The predicted molar refractivity (Wildman–Crippen MR) is 63.8 cm³/mol. The fraction of sp³-hybridized carbons (Fsp3) is 0.462.